The minimum atomic E-state index is 0.469. The van der Waals surface area contributed by atoms with Crippen LogP contribution >= 0.6 is 56.8 Å². The minimum Gasteiger partial charge on any atom is -0.143 e. The van der Waals surface area contributed by atoms with Crippen molar-refractivity contribution < 1.29 is 0 Å². The molecule has 1 heterocycles. The fraction of sp³-hybridized carbons (Fsp3) is 0. The van der Waals surface area contributed by atoms with Gasteiger partial charge in [0.25, 0.3) is 0 Å². The van der Waals surface area contributed by atoms with Crippen LogP contribution in [0.4, 0.5) is 0 Å². The molecule has 1 rings (SSSR count). The quantitative estimate of drug-likeness (QED) is 0.659. The van der Waals surface area contributed by atoms with Crippen molar-refractivity contribution >= 4 is 56.8 Å². The standard InChI is InChI=1S/C4HClI2N2/c5-4-2(6)1-3(7)8-9-4/h1H. The Morgan fingerprint density at radius 2 is 2.00 bits per heavy atom. The van der Waals surface area contributed by atoms with Crippen LogP contribution in [0.15, 0.2) is 6.07 Å². The molecule has 0 bridgehead atoms. The van der Waals surface area contributed by atoms with E-state index >= 15 is 0 Å². The molecule has 1 aromatic heterocycles. The molecule has 2 nitrogen and oxygen atoms in total. The summed E-state index contributed by atoms with van der Waals surface area (Å²) in [5.41, 5.74) is 0. The molecule has 5 heteroatoms. The maximum Gasteiger partial charge on any atom is 0.165 e. The fourth-order valence-corrected chi connectivity index (χ4v) is 1.84. The molecule has 0 aromatic carbocycles. The van der Waals surface area contributed by atoms with Gasteiger partial charge in [-0.25, -0.2) is 0 Å². The highest BCUT2D eigenvalue weighted by Crippen LogP contribution is 2.14. The third-order valence-electron chi connectivity index (χ3n) is 0.676. The Bertz CT molecular complexity index is 228. The molecule has 0 aliphatic carbocycles. The number of rotatable bonds is 0. The first-order valence-electron chi connectivity index (χ1n) is 2.04. The number of halogens is 3. The highest BCUT2D eigenvalue weighted by atomic mass is 127. The van der Waals surface area contributed by atoms with Gasteiger partial charge < -0.3 is 0 Å². The molecule has 0 saturated heterocycles. The predicted molar refractivity (Wildman–Crippen MR) is 52.5 cm³/mol. The molecule has 0 atom stereocenters. The fourth-order valence-electron chi connectivity index (χ4n) is 0.332. The number of hydrogen-bond donors (Lipinski definition) is 0. The lowest BCUT2D eigenvalue weighted by molar-refractivity contribution is 0.994. The Morgan fingerprint density at radius 3 is 2.44 bits per heavy atom. The summed E-state index contributed by atoms with van der Waals surface area (Å²) in [4.78, 5) is 0. The Morgan fingerprint density at radius 1 is 1.33 bits per heavy atom. The van der Waals surface area contributed by atoms with Gasteiger partial charge in [0.15, 0.2) is 5.15 Å². The van der Waals surface area contributed by atoms with Gasteiger partial charge in [-0.3, -0.25) is 0 Å². The second-order valence-electron chi connectivity index (χ2n) is 1.31. The maximum absolute atomic E-state index is 5.60. The number of aromatic nitrogens is 2. The summed E-state index contributed by atoms with van der Waals surface area (Å²) < 4.78 is 1.80. The van der Waals surface area contributed by atoms with Gasteiger partial charge in [0.1, 0.15) is 3.70 Å². The van der Waals surface area contributed by atoms with E-state index in [4.69, 9.17) is 11.6 Å². The van der Waals surface area contributed by atoms with Gasteiger partial charge in [-0.05, 0) is 51.2 Å². The second-order valence-corrected chi connectivity index (χ2v) is 3.93. The summed E-state index contributed by atoms with van der Waals surface area (Å²) in [7, 11) is 0. The van der Waals surface area contributed by atoms with E-state index in [2.05, 4.69) is 55.4 Å². The van der Waals surface area contributed by atoms with Gasteiger partial charge in [0, 0.05) is 0 Å². The second kappa shape index (κ2) is 3.29. The summed E-state index contributed by atoms with van der Waals surface area (Å²) >= 11 is 9.79. The van der Waals surface area contributed by atoms with Crippen molar-refractivity contribution in [3.8, 4) is 0 Å². The molecule has 0 radical (unpaired) electrons. The first kappa shape index (κ1) is 7.93. The van der Waals surface area contributed by atoms with Crippen molar-refractivity contribution in [1.29, 1.82) is 0 Å². The van der Waals surface area contributed by atoms with E-state index in [1.165, 1.54) is 0 Å². The van der Waals surface area contributed by atoms with Crippen LogP contribution in [0.5, 0.6) is 0 Å². The molecule has 0 aliphatic rings. The lowest BCUT2D eigenvalue weighted by atomic mass is 10.6. The first-order valence-corrected chi connectivity index (χ1v) is 4.58. The highest BCUT2D eigenvalue weighted by Gasteiger charge is 1.97. The van der Waals surface area contributed by atoms with Crippen LogP contribution in [0.1, 0.15) is 0 Å². The van der Waals surface area contributed by atoms with Crippen molar-refractivity contribution in [3.63, 3.8) is 0 Å². The smallest absolute Gasteiger partial charge is 0.143 e. The Balaban J connectivity index is 3.17. The van der Waals surface area contributed by atoms with Crippen molar-refractivity contribution in [3.05, 3.63) is 18.5 Å². The van der Waals surface area contributed by atoms with Crippen molar-refractivity contribution in [1.82, 2.24) is 10.2 Å². The van der Waals surface area contributed by atoms with E-state index in [1.54, 1.807) is 0 Å². The molecule has 9 heavy (non-hydrogen) atoms. The molecule has 0 saturated carbocycles. The Labute approximate surface area is 84.7 Å². The van der Waals surface area contributed by atoms with Gasteiger partial charge in [-0.2, -0.15) is 0 Å². The minimum absolute atomic E-state index is 0.469. The monoisotopic (exact) mass is 366 g/mol. The van der Waals surface area contributed by atoms with Crippen LogP contribution in [0.3, 0.4) is 0 Å². The first-order chi connectivity index (χ1) is 4.20. The average Bonchev–Trinajstić information content (AvgIpc) is 1.80. The molecule has 0 spiro atoms. The zero-order valence-electron chi connectivity index (χ0n) is 4.11. The van der Waals surface area contributed by atoms with Crippen LogP contribution in [0.2, 0.25) is 5.15 Å². The van der Waals surface area contributed by atoms with E-state index in [1.807, 2.05) is 6.07 Å². The number of nitrogens with zero attached hydrogens (tertiary/aromatic N) is 2. The van der Waals surface area contributed by atoms with Crippen molar-refractivity contribution in [2.24, 2.45) is 0 Å². The molecule has 0 aliphatic heterocycles. The topological polar surface area (TPSA) is 25.8 Å². The van der Waals surface area contributed by atoms with Gasteiger partial charge in [0.05, 0.1) is 3.57 Å². The van der Waals surface area contributed by atoms with Crippen LogP contribution in [0.25, 0.3) is 0 Å². The predicted octanol–water partition coefficient (Wildman–Crippen LogP) is 2.34. The maximum atomic E-state index is 5.60. The molecule has 0 amide bonds. The largest absolute Gasteiger partial charge is 0.165 e. The van der Waals surface area contributed by atoms with Crippen LogP contribution in [0, 0.1) is 7.27 Å². The SMILES string of the molecule is Clc1nnc(I)cc1I. The summed E-state index contributed by atoms with van der Waals surface area (Å²) in [6.45, 7) is 0. The van der Waals surface area contributed by atoms with Crippen LogP contribution in [-0.4, -0.2) is 10.2 Å². The molecule has 0 unspecified atom stereocenters. The van der Waals surface area contributed by atoms with Crippen molar-refractivity contribution in [2.45, 2.75) is 0 Å². The highest BCUT2D eigenvalue weighted by molar-refractivity contribution is 14.1. The lowest BCUT2D eigenvalue weighted by Gasteiger charge is -1.91. The average molecular weight is 366 g/mol. The summed E-state index contributed by atoms with van der Waals surface area (Å²) in [6, 6.07) is 1.87. The zero-order valence-corrected chi connectivity index (χ0v) is 9.18. The molecule has 0 fully saturated rings. The molecule has 1 aromatic rings. The Kier molecular flexibility index (Phi) is 2.90. The van der Waals surface area contributed by atoms with Crippen LogP contribution in [-0.2, 0) is 0 Å². The molecular formula is C4HClI2N2. The van der Waals surface area contributed by atoms with Crippen LogP contribution < -0.4 is 0 Å². The van der Waals surface area contributed by atoms with E-state index in [-0.39, 0.29) is 0 Å². The van der Waals surface area contributed by atoms with E-state index in [9.17, 15) is 0 Å². The normalized spacial score (nSPS) is 9.67. The molecule has 48 valence electrons. The van der Waals surface area contributed by atoms with Gasteiger partial charge in [-0.15, -0.1) is 10.2 Å². The number of hydrogen-bond acceptors (Lipinski definition) is 2. The third-order valence-corrected chi connectivity index (χ3v) is 2.62. The third kappa shape index (κ3) is 2.15. The van der Waals surface area contributed by atoms with E-state index in [0.717, 1.165) is 7.27 Å². The van der Waals surface area contributed by atoms with Gasteiger partial charge in [0.2, 0.25) is 0 Å². The van der Waals surface area contributed by atoms with E-state index < -0.39 is 0 Å². The van der Waals surface area contributed by atoms with Gasteiger partial charge in [-0.1, -0.05) is 11.6 Å². The molecular weight excluding hydrogens is 365 g/mol. The van der Waals surface area contributed by atoms with E-state index in [0.29, 0.717) is 5.15 Å². The zero-order chi connectivity index (χ0) is 6.85. The lowest BCUT2D eigenvalue weighted by Crippen LogP contribution is -1.88. The van der Waals surface area contributed by atoms with Crippen molar-refractivity contribution in [2.75, 3.05) is 0 Å². The summed E-state index contributed by atoms with van der Waals surface area (Å²) in [5, 5.41) is 7.89. The van der Waals surface area contributed by atoms with Gasteiger partial charge >= 0.3 is 0 Å². The molecule has 0 N–H and O–H groups in total. The summed E-state index contributed by atoms with van der Waals surface area (Å²) in [6.07, 6.45) is 0. The Hall–Kier alpha value is 0.830. The summed E-state index contributed by atoms with van der Waals surface area (Å²) in [5.74, 6) is 0.